The lowest BCUT2D eigenvalue weighted by Gasteiger charge is -2.14. The van der Waals surface area contributed by atoms with Crippen molar-refractivity contribution >= 4 is 11.6 Å². The SMILES string of the molecule is COc1ccc([C@@H](C)N)c(OC/C=C/Cl)c1. The van der Waals surface area contributed by atoms with Gasteiger partial charge >= 0.3 is 0 Å². The minimum atomic E-state index is -0.0825. The van der Waals surface area contributed by atoms with Gasteiger partial charge in [-0.3, -0.25) is 0 Å². The fourth-order valence-electron chi connectivity index (χ4n) is 1.32. The Labute approximate surface area is 101 Å². The number of rotatable bonds is 5. The minimum absolute atomic E-state index is 0.0825. The molecule has 1 rings (SSSR count). The van der Waals surface area contributed by atoms with Crippen molar-refractivity contribution in [2.75, 3.05) is 13.7 Å². The predicted octanol–water partition coefficient (Wildman–Crippen LogP) is 2.85. The first-order chi connectivity index (χ1) is 7.69. The van der Waals surface area contributed by atoms with Gasteiger partial charge < -0.3 is 15.2 Å². The molecule has 0 aliphatic carbocycles. The summed E-state index contributed by atoms with van der Waals surface area (Å²) < 4.78 is 10.7. The third-order valence-corrected chi connectivity index (χ3v) is 2.31. The van der Waals surface area contributed by atoms with Crippen LogP contribution < -0.4 is 15.2 Å². The zero-order chi connectivity index (χ0) is 12.0. The van der Waals surface area contributed by atoms with E-state index in [-0.39, 0.29) is 6.04 Å². The molecule has 0 aliphatic rings. The molecule has 0 spiro atoms. The molecule has 0 unspecified atom stereocenters. The summed E-state index contributed by atoms with van der Waals surface area (Å²) in [5, 5.41) is 0. The van der Waals surface area contributed by atoms with Gasteiger partial charge in [0.05, 0.1) is 7.11 Å². The van der Waals surface area contributed by atoms with Crippen LogP contribution in [0.4, 0.5) is 0 Å². The van der Waals surface area contributed by atoms with Gasteiger partial charge in [0.2, 0.25) is 0 Å². The zero-order valence-corrected chi connectivity index (χ0v) is 10.2. The highest BCUT2D eigenvalue weighted by Crippen LogP contribution is 2.28. The number of hydrogen-bond acceptors (Lipinski definition) is 3. The van der Waals surface area contributed by atoms with Crippen molar-refractivity contribution in [3.63, 3.8) is 0 Å². The minimum Gasteiger partial charge on any atom is -0.497 e. The average Bonchev–Trinajstić information content (AvgIpc) is 2.29. The van der Waals surface area contributed by atoms with Crippen molar-refractivity contribution in [3.05, 3.63) is 35.4 Å². The Kier molecular flexibility index (Phi) is 5.15. The molecule has 0 aromatic heterocycles. The average molecular weight is 242 g/mol. The quantitative estimate of drug-likeness (QED) is 0.862. The molecule has 16 heavy (non-hydrogen) atoms. The lowest BCUT2D eigenvalue weighted by Crippen LogP contribution is -2.08. The van der Waals surface area contributed by atoms with Gasteiger partial charge in [-0.25, -0.2) is 0 Å². The van der Waals surface area contributed by atoms with Crippen LogP contribution in [0.15, 0.2) is 29.8 Å². The highest BCUT2D eigenvalue weighted by Gasteiger charge is 2.09. The molecule has 0 aliphatic heterocycles. The van der Waals surface area contributed by atoms with E-state index in [0.29, 0.717) is 6.61 Å². The standard InChI is InChI=1S/C12H16ClNO2/c1-9(14)11-5-4-10(15-2)8-12(11)16-7-3-6-13/h3-6,8-9H,7,14H2,1-2H3/b6-3+/t9-/m1/s1. The normalized spacial score (nSPS) is 12.8. The summed E-state index contributed by atoms with van der Waals surface area (Å²) >= 11 is 5.42. The highest BCUT2D eigenvalue weighted by atomic mass is 35.5. The van der Waals surface area contributed by atoms with Crippen LogP contribution in [0, 0.1) is 0 Å². The molecule has 1 atom stereocenters. The monoisotopic (exact) mass is 241 g/mol. The van der Waals surface area contributed by atoms with Gasteiger partial charge in [0.25, 0.3) is 0 Å². The Morgan fingerprint density at radius 3 is 2.81 bits per heavy atom. The van der Waals surface area contributed by atoms with Gasteiger partial charge in [-0.15, -0.1) is 0 Å². The molecule has 0 amide bonds. The second-order valence-corrected chi connectivity index (χ2v) is 3.62. The summed E-state index contributed by atoms with van der Waals surface area (Å²) in [6.45, 7) is 2.32. The van der Waals surface area contributed by atoms with Crippen LogP contribution in [0.2, 0.25) is 0 Å². The van der Waals surface area contributed by atoms with E-state index in [4.69, 9.17) is 26.8 Å². The molecular formula is C12H16ClNO2. The van der Waals surface area contributed by atoms with E-state index in [2.05, 4.69) is 0 Å². The Morgan fingerprint density at radius 2 is 2.25 bits per heavy atom. The largest absolute Gasteiger partial charge is 0.497 e. The van der Waals surface area contributed by atoms with Gasteiger partial charge in [-0.2, -0.15) is 0 Å². The van der Waals surface area contributed by atoms with Crippen molar-refractivity contribution < 1.29 is 9.47 Å². The molecular weight excluding hydrogens is 226 g/mol. The number of halogens is 1. The number of hydrogen-bond donors (Lipinski definition) is 1. The Hall–Kier alpha value is -1.19. The molecule has 0 fully saturated rings. The molecule has 0 bridgehead atoms. The summed E-state index contributed by atoms with van der Waals surface area (Å²) in [6, 6.07) is 5.51. The van der Waals surface area contributed by atoms with Crippen LogP contribution in [0.25, 0.3) is 0 Å². The van der Waals surface area contributed by atoms with Crippen LogP contribution in [0.5, 0.6) is 11.5 Å². The molecule has 88 valence electrons. The molecule has 4 heteroatoms. The number of methoxy groups -OCH3 is 1. The topological polar surface area (TPSA) is 44.5 Å². The fourth-order valence-corrected chi connectivity index (χ4v) is 1.39. The van der Waals surface area contributed by atoms with E-state index < -0.39 is 0 Å². The van der Waals surface area contributed by atoms with Gasteiger partial charge in [0.15, 0.2) is 0 Å². The summed E-state index contributed by atoms with van der Waals surface area (Å²) in [5.41, 5.74) is 8.22. The lowest BCUT2D eigenvalue weighted by molar-refractivity contribution is 0.351. The maximum absolute atomic E-state index is 5.85. The van der Waals surface area contributed by atoms with Gasteiger partial charge in [0, 0.05) is 23.2 Å². The van der Waals surface area contributed by atoms with Gasteiger partial charge in [-0.05, 0) is 19.1 Å². The van der Waals surface area contributed by atoms with E-state index in [1.54, 1.807) is 13.2 Å². The third-order valence-electron chi connectivity index (χ3n) is 2.14. The lowest BCUT2D eigenvalue weighted by atomic mass is 10.1. The summed E-state index contributed by atoms with van der Waals surface area (Å²) in [4.78, 5) is 0. The molecule has 0 saturated heterocycles. The van der Waals surface area contributed by atoms with Crippen molar-refractivity contribution in [3.8, 4) is 11.5 Å². The van der Waals surface area contributed by atoms with Gasteiger partial charge in [0.1, 0.15) is 18.1 Å². The summed E-state index contributed by atoms with van der Waals surface area (Å²) in [6.07, 6.45) is 1.71. The van der Waals surface area contributed by atoms with Crippen molar-refractivity contribution in [2.45, 2.75) is 13.0 Å². The third kappa shape index (κ3) is 3.43. The molecule has 1 aromatic carbocycles. The molecule has 0 heterocycles. The molecule has 3 nitrogen and oxygen atoms in total. The molecule has 0 radical (unpaired) electrons. The van der Waals surface area contributed by atoms with Crippen LogP contribution in [-0.4, -0.2) is 13.7 Å². The van der Waals surface area contributed by atoms with Crippen LogP contribution >= 0.6 is 11.6 Å². The highest BCUT2D eigenvalue weighted by molar-refractivity contribution is 6.25. The van der Waals surface area contributed by atoms with Crippen LogP contribution in [0.3, 0.4) is 0 Å². The van der Waals surface area contributed by atoms with Crippen molar-refractivity contribution in [2.24, 2.45) is 5.73 Å². The summed E-state index contributed by atoms with van der Waals surface area (Å²) in [5.74, 6) is 1.47. The molecule has 0 saturated carbocycles. The van der Waals surface area contributed by atoms with Crippen LogP contribution in [-0.2, 0) is 0 Å². The maximum Gasteiger partial charge on any atom is 0.128 e. The molecule has 1 aromatic rings. The van der Waals surface area contributed by atoms with E-state index >= 15 is 0 Å². The predicted molar refractivity (Wildman–Crippen MR) is 66.1 cm³/mol. The summed E-state index contributed by atoms with van der Waals surface area (Å²) in [7, 11) is 1.61. The Balaban J connectivity index is 2.91. The number of nitrogens with two attached hydrogens (primary N) is 1. The number of ether oxygens (including phenoxy) is 2. The van der Waals surface area contributed by atoms with E-state index in [0.717, 1.165) is 17.1 Å². The second kappa shape index (κ2) is 6.40. The molecule has 2 N–H and O–H groups in total. The first kappa shape index (κ1) is 12.9. The second-order valence-electron chi connectivity index (χ2n) is 3.37. The first-order valence-electron chi connectivity index (χ1n) is 5.00. The Bertz CT molecular complexity index is 364. The van der Waals surface area contributed by atoms with E-state index in [1.165, 1.54) is 5.54 Å². The van der Waals surface area contributed by atoms with Crippen LogP contribution in [0.1, 0.15) is 18.5 Å². The Morgan fingerprint density at radius 1 is 1.50 bits per heavy atom. The smallest absolute Gasteiger partial charge is 0.128 e. The van der Waals surface area contributed by atoms with Crippen molar-refractivity contribution in [1.29, 1.82) is 0 Å². The van der Waals surface area contributed by atoms with E-state index in [1.807, 2.05) is 25.1 Å². The van der Waals surface area contributed by atoms with E-state index in [9.17, 15) is 0 Å². The zero-order valence-electron chi connectivity index (χ0n) is 9.44. The number of benzene rings is 1. The first-order valence-corrected chi connectivity index (χ1v) is 5.44. The van der Waals surface area contributed by atoms with Crippen molar-refractivity contribution in [1.82, 2.24) is 0 Å². The van der Waals surface area contributed by atoms with Gasteiger partial charge in [-0.1, -0.05) is 17.7 Å². The fraction of sp³-hybridized carbons (Fsp3) is 0.333. The maximum atomic E-state index is 5.85.